The summed E-state index contributed by atoms with van der Waals surface area (Å²) < 4.78 is 0. The second kappa shape index (κ2) is 8.24. The van der Waals surface area contributed by atoms with Crippen LogP contribution in [0.1, 0.15) is 6.92 Å². The summed E-state index contributed by atoms with van der Waals surface area (Å²) in [5, 5.41) is 1.68. The fourth-order valence-electron chi connectivity index (χ4n) is 0.643. The van der Waals surface area contributed by atoms with Crippen molar-refractivity contribution in [3.8, 4) is 0 Å². The summed E-state index contributed by atoms with van der Waals surface area (Å²) in [5.41, 5.74) is 0. The molecule has 0 aliphatic rings. The lowest BCUT2D eigenvalue weighted by Gasteiger charge is -2.05. The van der Waals surface area contributed by atoms with Crippen molar-refractivity contribution in [3.05, 3.63) is 36.4 Å². The maximum atomic E-state index is 4.88. The Morgan fingerprint density at radius 1 is 0.917 bits per heavy atom. The van der Waals surface area contributed by atoms with Gasteiger partial charge in [0.2, 0.25) is 0 Å². The molecule has 1 aromatic carbocycles. The summed E-state index contributed by atoms with van der Waals surface area (Å²) in [6.45, 7) is 2.72. The van der Waals surface area contributed by atoms with E-state index in [0.717, 1.165) is 6.61 Å². The summed E-state index contributed by atoms with van der Waals surface area (Å²) in [7, 11) is 3.73. The van der Waals surface area contributed by atoms with Crippen LogP contribution in [0.25, 0.3) is 0 Å². The fourth-order valence-corrected chi connectivity index (χ4v) is 0.643. The molecule has 0 aliphatic heterocycles. The van der Waals surface area contributed by atoms with Crippen molar-refractivity contribution in [1.82, 2.24) is 5.06 Å². The summed E-state index contributed by atoms with van der Waals surface area (Å²) in [6, 6.07) is 12.0. The molecule has 0 saturated carbocycles. The lowest BCUT2D eigenvalue weighted by molar-refractivity contribution is -0.113. The standard InChI is InChI=1S/C6H6.C4H11NO/c1-2-4-6-5-3-1;1-4-6-5(2)3/h1-6H;4H2,1-3H3. The zero-order valence-electron chi connectivity index (χ0n) is 8.03. The molecule has 2 nitrogen and oxygen atoms in total. The van der Waals surface area contributed by atoms with Gasteiger partial charge in [-0.3, -0.25) is 4.84 Å². The summed E-state index contributed by atoms with van der Waals surface area (Å²) in [4.78, 5) is 4.88. The highest BCUT2D eigenvalue weighted by Gasteiger charge is 1.77. The zero-order chi connectivity index (χ0) is 9.23. The Hall–Kier alpha value is -0.860. The van der Waals surface area contributed by atoms with Gasteiger partial charge in [-0.1, -0.05) is 36.4 Å². The van der Waals surface area contributed by atoms with Gasteiger partial charge in [0.25, 0.3) is 0 Å². The molecule has 0 radical (unpaired) electrons. The van der Waals surface area contributed by atoms with Crippen molar-refractivity contribution in [2.24, 2.45) is 0 Å². The van der Waals surface area contributed by atoms with Gasteiger partial charge in [-0.15, -0.1) is 0 Å². The second-order valence-corrected chi connectivity index (χ2v) is 2.38. The van der Waals surface area contributed by atoms with E-state index in [-0.39, 0.29) is 0 Å². The fraction of sp³-hybridized carbons (Fsp3) is 0.400. The molecule has 1 rings (SSSR count). The third-order valence-electron chi connectivity index (χ3n) is 1.05. The van der Waals surface area contributed by atoms with Crippen LogP contribution in [-0.4, -0.2) is 25.8 Å². The average Bonchev–Trinajstić information content (AvgIpc) is 2.08. The van der Waals surface area contributed by atoms with Crippen LogP contribution >= 0.6 is 0 Å². The maximum Gasteiger partial charge on any atom is 0.0656 e. The quantitative estimate of drug-likeness (QED) is 0.626. The van der Waals surface area contributed by atoms with Crippen molar-refractivity contribution >= 4 is 0 Å². The van der Waals surface area contributed by atoms with E-state index >= 15 is 0 Å². The zero-order valence-corrected chi connectivity index (χ0v) is 8.03. The minimum Gasteiger partial charge on any atom is -0.300 e. The van der Waals surface area contributed by atoms with Gasteiger partial charge in [-0.05, 0) is 6.92 Å². The number of benzene rings is 1. The molecule has 0 unspecified atom stereocenters. The number of hydrogen-bond donors (Lipinski definition) is 0. The van der Waals surface area contributed by atoms with E-state index in [1.807, 2.05) is 57.4 Å². The van der Waals surface area contributed by atoms with Crippen LogP contribution in [0.15, 0.2) is 36.4 Å². The Kier molecular flexibility index (Phi) is 7.65. The predicted octanol–water partition coefficient (Wildman–Crippen LogP) is 2.19. The first-order chi connectivity index (χ1) is 5.77. The molecular formula is C10H17NO. The Morgan fingerprint density at radius 3 is 1.33 bits per heavy atom. The van der Waals surface area contributed by atoms with Gasteiger partial charge in [0, 0.05) is 14.1 Å². The van der Waals surface area contributed by atoms with E-state index < -0.39 is 0 Å². The van der Waals surface area contributed by atoms with Crippen molar-refractivity contribution in [2.45, 2.75) is 6.92 Å². The van der Waals surface area contributed by atoms with Gasteiger partial charge in [-0.25, -0.2) is 0 Å². The smallest absolute Gasteiger partial charge is 0.0656 e. The molecule has 0 atom stereocenters. The minimum absolute atomic E-state index is 0.757. The van der Waals surface area contributed by atoms with E-state index in [0.29, 0.717) is 0 Å². The van der Waals surface area contributed by atoms with Gasteiger partial charge in [0.05, 0.1) is 6.61 Å². The van der Waals surface area contributed by atoms with Crippen LogP contribution in [0.5, 0.6) is 0 Å². The normalized spacial score (nSPS) is 9.00. The molecule has 0 spiro atoms. The van der Waals surface area contributed by atoms with Gasteiger partial charge in [-0.2, -0.15) is 5.06 Å². The molecule has 2 heteroatoms. The van der Waals surface area contributed by atoms with E-state index in [1.165, 1.54) is 0 Å². The van der Waals surface area contributed by atoms with E-state index in [4.69, 9.17) is 4.84 Å². The highest BCUT2D eigenvalue weighted by Crippen LogP contribution is 1.79. The Labute approximate surface area is 74.7 Å². The largest absolute Gasteiger partial charge is 0.300 e. The maximum absolute atomic E-state index is 4.88. The first-order valence-electron chi connectivity index (χ1n) is 4.07. The molecule has 0 bridgehead atoms. The molecule has 0 saturated heterocycles. The molecule has 0 N–H and O–H groups in total. The topological polar surface area (TPSA) is 12.5 Å². The Balaban J connectivity index is 0.000000202. The van der Waals surface area contributed by atoms with Gasteiger partial charge >= 0.3 is 0 Å². The summed E-state index contributed by atoms with van der Waals surface area (Å²) >= 11 is 0. The number of rotatable bonds is 2. The third kappa shape index (κ3) is 9.14. The summed E-state index contributed by atoms with van der Waals surface area (Å²) in [5.74, 6) is 0. The third-order valence-corrected chi connectivity index (χ3v) is 1.05. The van der Waals surface area contributed by atoms with Crippen molar-refractivity contribution in [3.63, 3.8) is 0 Å². The molecule has 0 aliphatic carbocycles. The molecule has 12 heavy (non-hydrogen) atoms. The van der Waals surface area contributed by atoms with Gasteiger partial charge in [0.1, 0.15) is 0 Å². The molecule has 68 valence electrons. The van der Waals surface area contributed by atoms with Crippen molar-refractivity contribution < 1.29 is 4.84 Å². The Bertz CT molecular complexity index is 136. The van der Waals surface area contributed by atoms with Crippen LogP contribution in [0, 0.1) is 0 Å². The van der Waals surface area contributed by atoms with Gasteiger partial charge in [0.15, 0.2) is 0 Å². The van der Waals surface area contributed by atoms with E-state index in [1.54, 1.807) is 5.06 Å². The highest BCUT2D eigenvalue weighted by atomic mass is 16.7. The van der Waals surface area contributed by atoms with Crippen LogP contribution in [0.3, 0.4) is 0 Å². The molecule has 0 fully saturated rings. The van der Waals surface area contributed by atoms with Crippen LogP contribution in [0.2, 0.25) is 0 Å². The molecule has 0 heterocycles. The molecule has 0 aromatic heterocycles. The van der Waals surface area contributed by atoms with E-state index in [2.05, 4.69) is 0 Å². The van der Waals surface area contributed by atoms with Gasteiger partial charge < -0.3 is 0 Å². The van der Waals surface area contributed by atoms with Crippen LogP contribution in [-0.2, 0) is 4.84 Å². The minimum atomic E-state index is 0.757. The van der Waals surface area contributed by atoms with Crippen molar-refractivity contribution in [2.75, 3.05) is 20.7 Å². The number of nitrogens with zero attached hydrogens (tertiary/aromatic N) is 1. The van der Waals surface area contributed by atoms with E-state index in [9.17, 15) is 0 Å². The highest BCUT2D eigenvalue weighted by molar-refractivity contribution is 4.99. The van der Waals surface area contributed by atoms with Crippen LogP contribution in [0.4, 0.5) is 0 Å². The summed E-state index contributed by atoms with van der Waals surface area (Å²) in [6.07, 6.45) is 0. The Morgan fingerprint density at radius 2 is 1.25 bits per heavy atom. The molecule has 1 aromatic rings. The number of hydroxylamine groups is 2. The predicted molar refractivity (Wildman–Crippen MR) is 51.8 cm³/mol. The average molecular weight is 167 g/mol. The monoisotopic (exact) mass is 167 g/mol. The number of hydrogen-bond acceptors (Lipinski definition) is 2. The molecular weight excluding hydrogens is 150 g/mol. The second-order valence-electron chi connectivity index (χ2n) is 2.38. The van der Waals surface area contributed by atoms with Crippen molar-refractivity contribution in [1.29, 1.82) is 0 Å². The lowest BCUT2D eigenvalue weighted by atomic mass is 10.4. The lowest BCUT2D eigenvalue weighted by Crippen LogP contribution is -2.11. The first kappa shape index (κ1) is 11.1. The SMILES string of the molecule is CCON(C)C.c1ccccc1. The molecule has 0 amide bonds. The van der Waals surface area contributed by atoms with Crippen LogP contribution < -0.4 is 0 Å². The first-order valence-corrected chi connectivity index (χ1v) is 4.07.